The Bertz CT molecular complexity index is 145. The van der Waals surface area contributed by atoms with E-state index in [9.17, 15) is 9.59 Å². The zero-order chi connectivity index (χ0) is 13.4. The van der Waals surface area contributed by atoms with Crippen LogP contribution in [0.3, 0.4) is 0 Å². The van der Waals surface area contributed by atoms with Gasteiger partial charge in [-0.05, 0) is 14.1 Å². The molecule has 0 aliphatic rings. The average Bonchev–Trinajstić information content (AvgIpc) is 2.27. The quantitative estimate of drug-likeness (QED) is 0.515. The molecule has 0 saturated heterocycles. The van der Waals surface area contributed by atoms with Gasteiger partial charge in [-0.2, -0.15) is 0 Å². The van der Waals surface area contributed by atoms with Gasteiger partial charge in [-0.1, -0.05) is 13.8 Å². The Morgan fingerprint density at radius 2 is 1.06 bits per heavy atom. The molecule has 0 radical (unpaired) electrons. The van der Waals surface area contributed by atoms with E-state index < -0.39 is 11.9 Å². The first-order valence-electron chi connectivity index (χ1n) is 5.18. The maximum absolute atomic E-state index is 9.37. The van der Waals surface area contributed by atoms with Crippen molar-refractivity contribution in [3.05, 3.63) is 0 Å². The molecular formula is C10H24N2O4. The normalized spacial score (nSPS) is 8.00. The molecule has 0 fully saturated rings. The molecular weight excluding hydrogens is 212 g/mol. The van der Waals surface area contributed by atoms with Crippen LogP contribution in [0.15, 0.2) is 0 Å². The highest BCUT2D eigenvalue weighted by Gasteiger charge is 1.81. The molecule has 0 atom stereocenters. The highest BCUT2D eigenvalue weighted by Crippen LogP contribution is 1.67. The fraction of sp³-hybridized carbons (Fsp3) is 0.800. The Hall–Kier alpha value is -1.14. The number of carboxylic acids is 2. The Balaban J connectivity index is -0.000000160. The third-order valence-electron chi connectivity index (χ3n) is 1.23. The van der Waals surface area contributed by atoms with Crippen LogP contribution in [0.25, 0.3) is 0 Å². The third-order valence-corrected chi connectivity index (χ3v) is 1.23. The van der Waals surface area contributed by atoms with Crippen molar-refractivity contribution in [2.45, 2.75) is 26.7 Å². The van der Waals surface area contributed by atoms with Gasteiger partial charge in [-0.25, -0.2) is 0 Å². The van der Waals surface area contributed by atoms with Crippen LogP contribution in [0.2, 0.25) is 0 Å². The van der Waals surface area contributed by atoms with Crippen LogP contribution < -0.4 is 10.6 Å². The van der Waals surface area contributed by atoms with Crippen molar-refractivity contribution in [2.75, 3.05) is 27.2 Å². The summed E-state index contributed by atoms with van der Waals surface area (Å²) >= 11 is 0. The molecule has 0 spiro atoms. The topological polar surface area (TPSA) is 98.7 Å². The van der Waals surface area contributed by atoms with Crippen LogP contribution in [0, 0.1) is 0 Å². The van der Waals surface area contributed by atoms with Crippen molar-refractivity contribution in [1.29, 1.82) is 0 Å². The number of aliphatic carboxylic acids is 2. The van der Waals surface area contributed by atoms with Crippen LogP contribution in [0.5, 0.6) is 0 Å². The second-order valence-corrected chi connectivity index (χ2v) is 2.70. The van der Waals surface area contributed by atoms with E-state index in [0.717, 1.165) is 13.1 Å². The summed E-state index contributed by atoms with van der Waals surface area (Å²) in [5.41, 5.74) is 0. The summed E-state index contributed by atoms with van der Waals surface area (Å²) in [5.74, 6) is -1.49. The highest BCUT2D eigenvalue weighted by atomic mass is 16.4. The van der Waals surface area contributed by atoms with Crippen LogP contribution in [-0.4, -0.2) is 49.3 Å². The van der Waals surface area contributed by atoms with Crippen LogP contribution in [0.4, 0.5) is 0 Å². The van der Waals surface area contributed by atoms with Crippen molar-refractivity contribution in [3.63, 3.8) is 0 Å². The van der Waals surface area contributed by atoms with Crippen molar-refractivity contribution >= 4 is 11.9 Å². The molecule has 0 aromatic carbocycles. The fourth-order valence-corrected chi connectivity index (χ4v) is 0.250. The molecule has 0 amide bonds. The summed E-state index contributed by atoms with van der Waals surface area (Å²) in [6.45, 7) is 5.30. The minimum absolute atomic E-state index is 0.222. The summed E-state index contributed by atoms with van der Waals surface area (Å²) in [7, 11) is 3.88. The highest BCUT2D eigenvalue weighted by molar-refractivity contribution is 5.66. The monoisotopic (exact) mass is 236 g/mol. The summed E-state index contributed by atoms with van der Waals surface area (Å²) in [6.07, 6.45) is 0.444. The summed E-state index contributed by atoms with van der Waals surface area (Å²) in [5, 5.41) is 21.5. The average molecular weight is 236 g/mol. The molecule has 0 unspecified atom stereocenters. The van der Waals surface area contributed by atoms with E-state index in [2.05, 4.69) is 10.6 Å². The SMILES string of the molecule is CCC(=O)O.CCC(=O)O.CNCCNC. The van der Waals surface area contributed by atoms with Gasteiger partial charge in [0.05, 0.1) is 0 Å². The number of likely N-dealkylation sites (N-methyl/N-ethyl adjacent to an activating group) is 2. The van der Waals surface area contributed by atoms with Crippen LogP contribution in [-0.2, 0) is 9.59 Å². The number of nitrogens with one attached hydrogen (secondary N) is 2. The predicted molar refractivity (Wildman–Crippen MR) is 63.7 cm³/mol. The first-order valence-corrected chi connectivity index (χ1v) is 5.18. The molecule has 98 valence electrons. The van der Waals surface area contributed by atoms with Gasteiger partial charge in [0.25, 0.3) is 0 Å². The van der Waals surface area contributed by atoms with Gasteiger partial charge in [0.15, 0.2) is 0 Å². The van der Waals surface area contributed by atoms with E-state index in [0.29, 0.717) is 0 Å². The molecule has 0 heterocycles. The van der Waals surface area contributed by atoms with Gasteiger partial charge >= 0.3 is 11.9 Å². The maximum atomic E-state index is 9.37. The largest absolute Gasteiger partial charge is 0.481 e. The second-order valence-electron chi connectivity index (χ2n) is 2.70. The molecule has 0 bridgehead atoms. The Labute approximate surface area is 97.0 Å². The number of carbonyl (C=O) groups is 2. The maximum Gasteiger partial charge on any atom is 0.303 e. The van der Waals surface area contributed by atoms with Crippen molar-refractivity contribution in [3.8, 4) is 0 Å². The molecule has 6 heteroatoms. The number of hydrogen-bond acceptors (Lipinski definition) is 4. The summed E-state index contributed by atoms with van der Waals surface area (Å²) in [6, 6.07) is 0. The molecule has 6 nitrogen and oxygen atoms in total. The van der Waals surface area contributed by atoms with E-state index in [1.807, 2.05) is 14.1 Å². The standard InChI is InChI=1S/C4H12N2.2C3H6O2/c1-5-3-4-6-2;2*1-2-3(4)5/h5-6H,3-4H2,1-2H3;2*2H2,1H3,(H,4,5). The van der Waals surface area contributed by atoms with Crippen molar-refractivity contribution < 1.29 is 19.8 Å². The van der Waals surface area contributed by atoms with Gasteiger partial charge in [0.2, 0.25) is 0 Å². The van der Waals surface area contributed by atoms with Gasteiger partial charge in [0, 0.05) is 25.9 Å². The lowest BCUT2D eigenvalue weighted by Crippen LogP contribution is -2.21. The van der Waals surface area contributed by atoms with E-state index in [4.69, 9.17) is 10.2 Å². The number of hydrogen-bond donors (Lipinski definition) is 4. The van der Waals surface area contributed by atoms with E-state index in [-0.39, 0.29) is 12.8 Å². The van der Waals surface area contributed by atoms with Gasteiger partial charge < -0.3 is 20.8 Å². The van der Waals surface area contributed by atoms with Crippen LogP contribution in [0.1, 0.15) is 26.7 Å². The molecule has 0 aromatic heterocycles. The molecule has 0 rings (SSSR count). The zero-order valence-electron chi connectivity index (χ0n) is 10.5. The van der Waals surface area contributed by atoms with Gasteiger partial charge in [0.1, 0.15) is 0 Å². The van der Waals surface area contributed by atoms with Crippen molar-refractivity contribution in [2.24, 2.45) is 0 Å². The lowest BCUT2D eigenvalue weighted by atomic mass is 10.5. The van der Waals surface area contributed by atoms with Crippen molar-refractivity contribution in [1.82, 2.24) is 10.6 Å². The summed E-state index contributed by atoms with van der Waals surface area (Å²) in [4.78, 5) is 18.7. The summed E-state index contributed by atoms with van der Waals surface area (Å²) < 4.78 is 0. The minimum Gasteiger partial charge on any atom is -0.481 e. The van der Waals surface area contributed by atoms with E-state index in [1.54, 1.807) is 13.8 Å². The molecule has 0 aliphatic carbocycles. The molecule has 4 N–H and O–H groups in total. The first-order chi connectivity index (χ1) is 7.45. The molecule has 0 aromatic rings. The van der Waals surface area contributed by atoms with E-state index in [1.165, 1.54) is 0 Å². The zero-order valence-corrected chi connectivity index (χ0v) is 10.5. The Kier molecular flexibility index (Phi) is 24.7. The second kappa shape index (κ2) is 19.4. The first kappa shape index (κ1) is 20.3. The molecule has 0 saturated carbocycles. The van der Waals surface area contributed by atoms with Gasteiger partial charge in [-0.15, -0.1) is 0 Å². The van der Waals surface area contributed by atoms with Gasteiger partial charge in [-0.3, -0.25) is 9.59 Å². The Morgan fingerprint density at radius 3 is 1.12 bits per heavy atom. The predicted octanol–water partition coefficient (Wildman–Crippen LogP) is 0.387. The lowest BCUT2D eigenvalue weighted by molar-refractivity contribution is -0.137. The fourth-order valence-electron chi connectivity index (χ4n) is 0.250. The molecule has 16 heavy (non-hydrogen) atoms. The van der Waals surface area contributed by atoms with Crippen LogP contribution >= 0.6 is 0 Å². The Morgan fingerprint density at radius 1 is 0.875 bits per heavy atom. The molecule has 0 aliphatic heterocycles. The number of rotatable bonds is 5. The smallest absolute Gasteiger partial charge is 0.303 e. The lowest BCUT2D eigenvalue weighted by Gasteiger charge is -1.92. The van der Waals surface area contributed by atoms with E-state index >= 15 is 0 Å². The third kappa shape index (κ3) is 52.7. The minimum atomic E-state index is -0.745. The number of carboxylic acid groups (broad SMARTS) is 2.